The number of rotatable bonds is 3. The SMILES string of the molecule is CCC1=C2C=CC3=CC=C(Cc4ccc5c(c4)-c4cc6ccccc6cc4C5)C4=CC=C(C=C1)C2C34. The molecule has 8 rings (SSSR count). The van der Waals surface area contributed by atoms with Crippen LogP contribution >= 0.6 is 0 Å². The molecule has 2 atom stereocenters. The second-order valence-electron chi connectivity index (χ2n) is 10.8. The highest BCUT2D eigenvalue weighted by Gasteiger charge is 2.39. The first-order valence-corrected chi connectivity index (χ1v) is 13.3. The van der Waals surface area contributed by atoms with Gasteiger partial charge in [0.25, 0.3) is 0 Å². The van der Waals surface area contributed by atoms with E-state index in [0.29, 0.717) is 11.8 Å². The molecule has 0 aromatic heterocycles. The second-order valence-corrected chi connectivity index (χ2v) is 10.8. The molecule has 0 heterocycles. The summed E-state index contributed by atoms with van der Waals surface area (Å²) >= 11 is 0. The fourth-order valence-corrected chi connectivity index (χ4v) is 7.14. The highest BCUT2D eigenvalue weighted by atomic mass is 14.4. The number of hydrogen-bond acceptors (Lipinski definition) is 0. The monoisotopic (exact) mass is 460 g/mol. The van der Waals surface area contributed by atoms with Crippen LogP contribution in [0.4, 0.5) is 0 Å². The summed E-state index contributed by atoms with van der Waals surface area (Å²) in [5.74, 6) is 0.933. The lowest BCUT2D eigenvalue weighted by Crippen LogP contribution is -2.30. The largest absolute Gasteiger partial charge is 0.0616 e. The third kappa shape index (κ3) is 2.88. The zero-order valence-corrected chi connectivity index (χ0v) is 20.6. The van der Waals surface area contributed by atoms with Crippen molar-refractivity contribution in [3.05, 3.63) is 153 Å². The molecule has 5 aliphatic rings. The van der Waals surface area contributed by atoms with E-state index in [2.05, 4.69) is 110 Å². The topological polar surface area (TPSA) is 0 Å². The molecular formula is C36H28. The minimum atomic E-state index is 0.456. The van der Waals surface area contributed by atoms with Crippen molar-refractivity contribution in [2.75, 3.05) is 0 Å². The summed E-state index contributed by atoms with van der Waals surface area (Å²) < 4.78 is 0. The number of fused-ring (bicyclic) bond motifs is 4. The molecule has 5 aliphatic carbocycles. The predicted molar refractivity (Wildman–Crippen MR) is 151 cm³/mol. The molecule has 3 aromatic carbocycles. The molecule has 172 valence electrons. The Morgan fingerprint density at radius 1 is 0.694 bits per heavy atom. The smallest absolute Gasteiger partial charge is 0.0202 e. The van der Waals surface area contributed by atoms with Crippen molar-refractivity contribution >= 4 is 10.8 Å². The standard InChI is InChI=1S/C36H28/c1-2-23-9-10-24-14-16-32-28(12-11-25-13-15-31(23)35(24)36(25)32)17-22-7-8-29-20-30-19-26-5-3-4-6-27(26)21-34(30)33(29)18-22/h3-16,18-19,21,35-36H,2,17,20H2,1H3. The van der Waals surface area contributed by atoms with Crippen LogP contribution in [0.5, 0.6) is 0 Å². The van der Waals surface area contributed by atoms with Crippen molar-refractivity contribution in [3.63, 3.8) is 0 Å². The van der Waals surface area contributed by atoms with Crippen LogP contribution in [0.25, 0.3) is 21.9 Å². The van der Waals surface area contributed by atoms with Crippen molar-refractivity contribution in [1.29, 1.82) is 0 Å². The fraction of sp³-hybridized carbons (Fsp3) is 0.167. The first kappa shape index (κ1) is 20.3. The van der Waals surface area contributed by atoms with Gasteiger partial charge >= 0.3 is 0 Å². The van der Waals surface area contributed by atoms with Gasteiger partial charge in [0.1, 0.15) is 0 Å². The maximum atomic E-state index is 2.46. The Labute approximate surface area is 213 Å². The Balaban J connectivity index is 1.18. The van der Waals surface area contributed by atoms with Crippen LogP contribution in [-0.4, -0.2) is 0 Å². The van der Waals surface area contributed by atoms with Crippen LogP contribution in [0.15, 0.2) is 137 Å². The fourth-order valence-electron chi connectivity index (χ4n) is 7.14. The Kier molecular flexibility index (Phi) is 4.26. The Bertz CT molecular complexity index is 1710. The molecule has 0 saturated carbocycles. The van der Waals surface area contributed by atoms with Gasteiger partial charge in [0.2, 0.25) is 0 Å². The molecule has 0 radical (unpaired) electrons. The average Bonchev–Trinajstić information content (AvgIpc) is 3.27. The Hall–Kier alpha value is -3.90. The normalized spacial score (nSPS) is 22.5. The molecule has 0 heteroatoms. The predicted octanol–water partition coefficient (Wildman–Crippen LogP) is 8.76. The average molecular weight is 461 g/mol. The van der Waals surface area contributed by atoms with Crippen molar-refractivity contribution < 1.29 is 0 Å². The Morgan fingerprint density at radius 2 is 1.47 bits per heavy atom. The molecule has 2 unspecified atom stereocenters. The first-order valence-electron chi connectivity index (χ1n) is 13.3. The van der Waals surface area contributed by atoms with Crippen LogP contribution in [0.3, 0.4) is 0 Å². The molecule has 3 aromatic rings. The maximum absolute atomic E-state index is 2.46. The summed E-state index contributed by atoms with van der Waals surface area (Å²) in [5.41, 5.74) is 16.1. The number of allylic oxidation sites excluding steroid dienone is 14. The van der Waals surface area contributed by atoms with Crippen molar-refractivity contribution in [2.45, 2.75) is 26.2 Å². The van der Waals surface area contributed by atoms with Gasteiger partial charge in [-0.05, 0) is 97.4 Å². The summed E-state index contributed by atoms with van der Waals surface area (Å²) in [6.07, 6.45) is 22.1. The summed E-state index contributed by atoms with van der Waals surface area (Å²) in [6.45, 7) is 2.28. The van der Waals surface area contributed by atoms with Gasteiger partial charge in [-0.2, -0.15) is 0 Å². The summed E-state index contributed by atoms with van der Waals surface area (Å²) in [7, 11) is 0. The quantitative estimate of drug-likeness (QED) is 0.287. The van der Waals surface area contributed by atoms with E-state index in [1.807, 2.05) is 0 Å². The molecule has 0 bridgehead atoms. The van der Waals surface area contributed by atoms with E-state index in [1.165, 1.54) is 72.0 Å². The van der Waals surface area contributed by atoms with Gasteiger partial charge in [0.15, 0.2) is 0 Å². The maximum Gasteiger partial charge on any atom is 0.0202 e. The highest BCUT2D eigenvalue weighted by molar-refractivity contribution is 5.92. The minimum Gasteiger partial charge on any atom is -0.0616 e. The van der Waals surface area contributed by atoms with Gasteiger partial charge in [0, 0.05) is 11.8 Å². The van der Waals surface area contributed by atoms with E-state index in [9.17, 15) is 0 Å². The molecule has 0 saturated heterocycles. The third-order valence-electron chi connectivity index (χ3n) is 8.92. The third-order valence-corrected chi connectivity index (χ3v) is 8.92. The molecule has 0 N–H and O–H groups in total. The van der Waals surface area contributed by atoms with E-state index in [1.54, 1.807) is 0 Å². The number of hydrogen-bond donors (Lipinski definition) is 0. The van der Waals surface area contributed by atoms with Crippen LogP contribution in [-0.2, 0) is 12.8 Å². The van der Waals surface area contributed by atoms with Crippen molar-refractivity contribution in [1.82, 2.24) is 0 Å². The lowest BCUT2D eigenvalue weighted by atomic mass is 9.61. The van der Waals surface area contributed by atoms with E-state index in [0.717, 1.165) is 19.3 Å². The van der Waals surface area contributed by atoms with E-state index in [-0.39, 0.29) is 0 Å². The van der Waals surface area contributed by atoms with Gasteiger partial charge in [-0.25, -0.2) is 0 Å². The van der Waals surface area contributed by atoms with Gasteiger partial charge in [-0.1, -0.05) is 104 Å². The minimum absolute atomic E-state index is 0.456. The zero-order valence-electron chi connectivity index (χ0n) is 20.6. The first-order chi connectivity index (χ1) is 17.8. The van der Waals surface area contributed by atoms with Crippen LogP contribution in [0.1, 0.15) is 30.0 Å². The molecule has 0 aliphatic heterocycles. The molecular weight excluding hydrogens is 432 g/mol. The summed E-state index contributed by atoms with van der Waals surface area (Å²) in [5, 5.41) is 2.67. The lowest BCUT2D eigenvalue weighted by Gasteiger charge is -2.42. The molecule has 0 spiro atoms. The Morgan fingerprint density at radius 3 is 2.36 bits per heavy atom. The molecule has 36 heavy (non-hydrogen) atoms. The second kappa shape index (κ2) is 7.55. The van der Waals surface area contributed by atoms with Crippen molar-refractivity contribution in [2.24, 2.45) is 11.8 Å². The van der Waals surface area contributed by atoms with Crippen LogP contribution < -0.4 is 0 Å². The van der Waals surface area contributed by atoms with Gasteiger partial charge in [0.05, 0.1) is 0 Å². The molecule has 0 fully saturated rings. The van der Waals surface area contributed by atoms with E-state index >= 15 is 0 Å². The molecule has 0 amide bonds. The van der Waals surface area contributed by atoms with Gasteiger partial charge in [-0.15, -0.1) is 0 Å². The lowest BCUT2D eigenvalue weighted by molar-refractivity contribution is 0.550. The van der Waals surface area contributed by atoms with Crippen molar-refractivity contribution in [3.8, 4) is 11.1 Å². The summed E-state index contributed by atoms with van der Waals surface area (Å²) in [4.78, 5) is 0. The summed E-state index contributed by atoms with van der Waals surface area (Å²) in [6, 6.07) is 20.7. The van der Waals surface area contributed by atoms with E-state index in [4.69, 9.17) is 0 Å². The zero-order chi connectivity index (χ0) is 23.8. The van der Waals surface area contributed by atoms with Gasteiger partial charge in [-0.3, -0.25) is 0 Å². The van der Waals surface area contributed by atoms with Crippen LogP contribution in [0, 0.1) is 11.8 Å². The highest BCUT2D eigenvalue weighted by Crippen LogP contribution is 2.51. The van der Waals surface area contributed by atoms with Crippen LogP contribution in [0.2, 0.25) is 0 Å². The number of benzene rings is 3. The van der Waals surface area contributed by atoms with Gasteiger partial charge < -0.3 is 0 Å². The molecule has 0 nitrogen and oxygen atoms in total. The van der Waals surface area contributed by atoms with E-state index < -0.39 is 0 Å².